The molecule has 41 heavy (non-hydrogen) atoms. The van der Waals surface area contributed by atoms with Crippen LogP contribution in [0.15, 0.2) is 0 Å². The van der Waals surface area contributed by atoms with Gasteiger partial charge in [0.1, 0.15) is 25.7 Å². The van der Waals surface area contributed by atoms with Crippen molar-refractivity contribution in [2.75, 3.05) is 20.3 Å². The molecule has 2 unspecified atom stereocenters. The lowest BCUT2D eigenvalue weighted by molar-refractivity contribution is -0.170. The molecule has 0 heterocycles. The van der Waals surface area contributed by atoms with E-state index in [2.05, 4.69) is 11.7 Å². The predicted molar refractivity (Wildman–Crippen MR) is 154 cm³/mol. The van der Waals surface area contributed by atoms with Crippen LogP contribution in [0.2, 0.25) is 0 Å². The topological polar surface area (TPSA) is 132 Å². The molecule has 0 radical (unpaired) electrons. The van der Waals surface area contributed by atoms with E-state index in [9.17, 15) is 24.0 Å². The first-order valence-electron chi connectivity index (χ1n) is 15.4. The highest BCUT2D eigenvalue weighted by atomic mass is 16.6. The number of hydrogen-bond donors (Lipinski definition) is 0. The minimum absolute atomic E-state index is 0.176. The molecular weight excluding hydrogens is 532 g/mol. The molecule has 0 aromatic heterocycles. The third kappa shape index (κ3) is 26.0. The van der Waals surface area contributed by atoms with Gasteiger partial charge in [0, 0.05) is 13.8 Å². The average Bonchev–Trinajstić information content (AvgIpc) is 2.91. The summed E-state index contributed by atoms with van der Waals surface area (Å²) in [4.78, 5) is 58.2. The number of carbonyl (C=O) groups is 5. The molecule has 0 aliphatic rings. The molecule has 0 aliphatic heterocycles. The Bertz CT molecular complexity index is 736. The van der Waals surface area contributed by atoms with Gasteiger partial charge in [0.25, 0.3) is 0 Å². The van der Waals surface area contributed by atoms with Gasteiger partial charge >= 0.3 is 29.8 Å². The third-order valence-electron chi connectivity index (χ3n) is 6.57. The second-order valence-electron chi connectivity index (χ2n) is 10.5. The summed E-state index contributed by atoms with van der Waals surface area (Å²) in [6.45, 7) is 3.98. The van der Waals surface area contributed by atoms with Crippen LogP contribution in [0.4, 0.5) is 0 Å². The molecule has 0 saturated carbocycles. The Hall–Kier alpha value is -2.65. The van der Waals surface area contributed by atoms with E-state index >= 15 is 0 Å². The molecule has 10 heteroatoms. The van der Waals surface area contributed by atoms with E-state index in [0.717, 1.165) is 26.4 Å². The Morgan fingerprint density at radius 2 is 1.02 bits per heavy atom. The van der Waals surface area contributed by atoms with Crippen molar-refractivity contribution >= 4 is 29.8 Å². The lowest BCUT2D eigenvalue weighted by Gasteiger charge is -2.20. The maximum Gasteiger partial charge on any atom is 0.317 e. The molecule has 0 saturated heterocycles. The summed E-state index contributed by atoms with van der Waals surface area (Å²) in [7, 11) is 1.14. The second-order valence-corrected chi connectivity index (χ2v) is 10.5. The van der Waals surface area contributed by atoms with Crippen LogP contribution in [-0.2, 0) is 47.7 Å². The van der Waals surface area contributed by atoms with Crippen molar-refractivity contribution in [3.63, 3.8) is 0 Å². The first-order chi connectivity index (χ1) is 19.7. The highest BCUT2D eigenvalue weighted by molar-refractivity contribution is 5.91. The Morgan fingerprint density at radius 3 is 1.49 bits per heavy atom. The molecule has 2 atom stereocenters. The van der Waals surface area contributed by atoms with E-state index in [1.807, 2.05) is 0 Å². The van der Waals surface area contributed by atoms with E-state index in [0.29, 0.717) is 6.42 Å². The van der Waals surface area contributed by atoms with Crippen LogP contribution >= 0.6 is 0 Å². The molecule has 0 N–H and O–H groups in total. The maximum absolute atomic E-state index is 12.6. The SMILES string of the molecule is CCCCCCCCCCCCCCCCCC(CC(=O)OC(COC(C)=O)COC(=O)CC(=O)OC)OC(C)=O. The van der Waals surface area contributed by atoms with Crippen molar-refractivity contribution in [2.45, 2.75) is 149 Å². The summed E-state index contributed by atoms with van der Waals surface area (Å²) in [5, 5.41) is 0. The highest BCUT2D eigenvalue weighted by Crippen LogP contribution is 2.16. The second kappa shape index (κ2) is 26.3. The standard InChI is InChI=1S/C31H54O10/c1-5-6-7-8-9-10-11-12-13-14-15-16-17-18-19-20-27(40-26(3)33)21-31(36)41-28(23-38-25(2)32)24-39-30(35)22-29(34)37-4/h27-28H,5-24H2,1-4H3. The van der Waals surface area contributed by atoms with E-state index < -0.39 is 55.1 Å². The predicted octanol–water partition coefficient (Wildman–Crippen LogP) is 6.15. The number of esters is 5. The number of ether oxygens (including phenoxy) is 5. The van der Waals surface area contributed by atoms with Crippen LogP contribution in [0.25, 0.3) is 0 Å². The van der Waals surface area contributed by atoms with Crippen LogP contribution in [0, 0.1) is 0 Å². The molecule has 0 bridgehead atoms. The maximum atomic E-state index is 12.6. The molecule has 10 nitrogen and oxygen atoms in total. The van der Waals surface area contributed by atoms with Gasteiger partial charge in [-0.25, -0.2) is 0 Å². The van der Waals surface area contributed by atoms with E-state index in [1.165, 1.54) is 90.9 Å². The molecule has 0 aromatic rings. The van der Waals surface area contributed by atoms with Gasteiger partial charge in [-0.3, -0.25) is 24.0 Å². The van der Waals surface area contributed by atoms with E-state index in [4.69, 9.17) is 18.9 Å². The lowest BCUT2D eigenvalue weighted by Crippen LogP contribution is -2.32. The highest BCUT2D eigenvalue weighted by Gasteiger charge is 2.23. The lowest BCUT2D eigenvalue weighted by atomic mass is 10.0. The molecule has 0 spiro atoms. The Kier molecular flexibility index (Phi) is 24.6. The Morgan fingerprint density at radius 1 is 0.537 bits per heavy atom. The van der Waals surface area contributed by atoms with Crippen molar-refractivity contribution in [2.24, 2.45) is 0 Å². The first kappa shape index (κ1) is 38.4. The van der Waals surface area contributed by atoms with Gasteiger partial charge in [-0.1, -0.05) is 96.8 Å². The van der Waals surface area contributed by atoms with Crippen LogP contribution in [0.5, 0.6) is 0 Å². The van der Waals surface area contributed by atoms with Crippen LogP contribution in [0.3, 0.4) is 0 Å². The summed E-state index contributed by atoms with van der Waals surface area (Å²) in [5.74, 6) is -3.41. The summed E-state index contributed by atoms with van der Waals surface area (Å²) in [6.07, 6.45) is 16.7. The summed E-state index contributed by atoms with van der Waals surface area (Å²) in [6, 6.07) is 0. The van der Waals surface area contributed by atoms with Crippen molar-refractivity contribution < 1.29 is 47.7 Å². The Balaban J connectivity index is 4.29. The monoisotopic (exact) mass is 586 g/mol. The minimum Gasteiger partial charge on any atom is -0.469 e. The van der Waals surface area contributed by atoms with Gasteiger partial charge in [0.05, 0.1) is 13.5 Å². The first-order valence-corrected chi connectivity index (χ1v) is 15.4. The quantitative estimate of drug-likeness (QED) is 0.0503. The van der Waals surface area contributed by atoms with E-state index in [1.54, 1.807) is 0 Å². The van der Waals surface area contributed by atoms with Gasteiger partial charge in [0.15, 0.2) is 6.10 Å². The molecule has 238 valence electrons. The normalized spacial score (nSPS) is 12.2. The fraction of sp³-hybridized carbons (Fsp3) is 0.839. The number of rotatable bonds is 26. The van der Waals surface area contributed by atoms with Crippen LogP contribution in [0.1, 0.15) is 136 Å². The summed E-state index contributed by atoms with van der Waals surface area (Å²) >= 11 is 0. The summed E-state index contributed by atoms with van der Waals surface area (Å²) in [5.41, 5.74) is 0. The molecule has 0 aromatic carbocycles. The molecule has 0 fully saturated rings. The van der Waals surface area contributed by atoms with Gasteiger partial charge in [-0.15, -0.1) is 0 Å². The number of carbonyl (C=O) groups excluding carboxylic acids is 5. The van der Waals surface area contributed by atoms with Crippen molar-refractivity contribution in [1.29, 1.82) is 0 Å². The molecule has 0 amide bonds. The van der Waals surface area contributed by atoms with Gasteiger partial charge in [-0.2, -0.15) is 0 Å². The number of hydrogen-bond acceptors (Lipinski definition) is 10. The number of unbranched alkanes of at least 4 members (excludes halogenated alkanes) is 14. The summed E-state index contributed by atoms with van der Waals surface area (Å²) < 4.78 is 24.9. The van der Waals surface area contributed by atoms with E-state index in [-0.39, 0.29) is 13.0 Å². The smallest absolute Gasteiger partial charge is 0.317 e. The van der Waals surface area contributed by atoms with Gasteiger partial charge in [0.2, 0.25) is 0 Å². The van der Waals surface area contributed by atoms with Crippen molar-refractivity contribution in [3.05, 3.63) is 0 Å². The molecule has 0 aliphatic carbocycles. The zero-order valence-electron chi connectivity index (χ0n) is 25.9. The zero-order chi connectivity index (χ0) is 30.7. The Labute approximate surface area is 246 Å². The largest absolute Gasteiger partial charge is 0.469 e. The molecule has 0 rings (SSSR count). The average molecular weight is 587 g/mol. The van der Waals surface area contributed by atoms with Crippen molar-refractivity contribution in [1.82, 2.24) is 0 Å². The fourth-order valence-corrected chi connectivity index (χ4v) is 4.35. The molecular formula is C31H54O10. The minimum atomic E-state index is -1.07. The van der Waals surface area contributed by atoms with Crippen LogP contribution < -0.4 is 0 Å². The zero-order valence-corrected chi connectivity index (χ0v) is 25.9. The van der Waals surface area contributed by atoms with Crippen LogP contribution in [-0.4, -0.2) is 62.4 Å². The fourth-order valence-electron chi connectivity index (χ4n) is 4.35. The van der Waals surface area contributed by atoms with Gasteiger partial charge in [-0.05, 0) is 12.8 Å². The van der Waals surface area contributed by atoms with Gasteiger partial charge < -0.3 is 23.7 Å². The van der Waals surface area contributed by atoms with Crippen molar-refractivity contribution in [3.8, 4) is 0 Å². The third-order valence-corrected chi connectivity index (χ3v) is 6.57. The number of methoxy groups -OCH3 is 1.